The first kappa shape index (κ1) is 14.3. The molecule has 0 atom stereocenters. The Morgan fingerprint density at radius 2 is 2.10 bits per heavy atom. The predicted molar refractivity (Wildman–Crippen MR) is 84.6 cm³/mol. The van der Waals surface area contributed by atoms with E-state index in [0.717, 1.165) is 55.2 Å². The highest BCUT2D eigenvalue weighted by molar-refractivity contribution is 5.83. The van der Waals surface area contributed by atoms with Crippen LogP contribution in [0.5, 0.6) is 0 Å². The van der Waals surface area contributed by atoms with Gasteiger partial charge in [0.2, 0.25) is 0 Å². The molecule has 3 heterocycles. The van der Waals surface area contributed by atoms with Gasteiger partial charge in [0.05, 0.1) is 6.33 Å². The summed E-state index contributed by atoms with van der Waals surface area (Å²) in [4.78, 5) is 13.9. The van der Waals surface area contributed by atoms with E-state index < -0.39 is 0 Å². The molecule has 1 aliphatic rings. The van der Waals surface area contributed by atoms with Crippen LogP contribution in [0.3, 0.4) is 0 Å². The van der Waals surface area contributed by atoms with E-state index in [4.69, 9.17) is 0 Å². The average molecular weight is 288 g/mol. The minimum atomic E-state index is 0.348. The highest BCUT2D eigenvalue weighted by Gasteiger charge is 2.18. The van der Waals surface area contributed by atoms with Gasteiger partial charge < -0.3 is 15.2 Å². The number of piperidine rings is 1. The van der Waals surface area contributed by atoms with Crippen LogP contribution in [0.15, 0.2) is 6.33 Å². The van der Waals surface area contributed by atoms with Crippen LogP contribution < -0.4 is 10.6 Å². The van der Waals surface area contributed by atoms with Gasteiger partial charge in [-0.1, -0.05) is 6.92 Å². The molecule has 0 unspecified atom stereocenters. The zero-order valence-electron chi connectivity index (χ0n) is 13.1. The number of nitrogens with one attached hydrogen (secondary N) is 2. The lowest BCUT2D eigenvalue weighted by Crippen LogP contribution is -2.35. The highest BCUT2D eigenvalue weighted by atomic mass is 15.2. The molecule has 2 N–H and O–H groups in total. The Morgan fingerprint density at radius 3 is 2.76 bits per heavy atom. The van der Waals surface area contributed by atoms with E-state index in [9.17, 15) is 0 Å². The summed E-state index contributed by atoms with van der Waals surface area (Å²) in [6.07, 6.45) is 4.95. The van der Waals surface area contributed by atoms with E-state index in [1.54, 1.807) is 0 Å². The highest BCUT2D eigenvalue weighted by Crippen LogP contribution is 2.23. The Bertz CT molecular complexity index is 612. The first-order valence-electron chi connectivity index (χ1n) is 7.89. The van der Waals surface area contributed by atoms with Crippen LogP contribution in [-0.2, 0) is 6.42 Å². The normalized spacial score (nSPS) is 16.8. The van der Waals surface area contributed by atoms with Crippen LogP contribution in [0.2, 0.25) is 0 Å². The second-order valence-electron chi connectivity index (χ2n) is 5.93. The second kappa shape index (κ2) is 5.97. The van der Waals surface area contributed by atoms with Crippen LogP contribution in [0, 0.1) is 0 Å². The van der Waals surface area contributed by atoms with E-state index in [2.05, 4.69) is 50.9 Å². The van der Waals surface area contributed by atoms with E-state index in [1.165, 1.54) is 0 Å². The molecule has 0 aliphatic carbocycles. The summed E-state index contributed by atoms with van der Waals surface area (Å²) in [7, 11) is 0. The van der Waals surface area contributed by atoms with Crippen molar-refractivity contribution in [2.24, 2.45) is 0 Å². The largest absolute Gasteiger partial charge is 0.365 e. The molecule has 0 saturated carbocycles. The number of aromatic nitrogens is 4. The molecule has 1 saturated heterocycles. The van der Waals surface area contributed by atoms with Crippen molar-refractivity contribution >= 4 is 17.0 Å². The Kier molecular flexibility index (Phi) is 4.05. The van der Waals surface area contributed by atoms with Gasteiger partial charge in [-0.25, -0.2) is 15.0 Å². The van der Waals surface area contributed by atoms with Gasteiger partial charge >= 0.3 is 0 Å². The van der Waals surface area contributed by atoms with Crippen molar-refractivity contribution in [3.05, 3.63) is 12.2 Å². The minimum Gasteiger partial charge on any atom is -0.365 e. The summed E-state index contributed by atoms with van der Waals surface area (Å²) in [5.41, 5.74) is 1.83. The van der Waals surface area contributed by atoms with Crippen molar-refractivity contribution in [2.75, 3.05) is 18.4 Å². The number of fused-ring (bicyclic) bond motifs is 1. The van der Waals surface area contributed by atoms with E-state index in [-0.39, 0.29) is 0 Å². The number of nitrogens with zero attached hydrogens (tertiary/aromatic N) is 4. The molecule has 21 heavy (non-hydrogen) atoms. The van der Waals surface area contributed by atoms with Crippen molar-refractivity contribution in [2.45, 2.75) is 52.1 Å². The summed E-state index contributed by atoms with van der Waals surface area (Å²) >= 11 is 0. The van der Waals surface area contributed by atoms with Crippen molar-refractivity contribution < 1.29 is 0 Å². The van der Waals surface area contributed by atoms with E-state index in [0.29, 0.717) is 12.1 Å². The number of anilines is 1. The van der Waals surface area contributed by atoms with Gasteiger partial charge in [0.1, 0.15) is 11.3 Å². The topological polar surface area (TPSA) is 67.7 Å². The van der Waals surface area contributed by atoms with Gasteiger partial charge in [-0.15, -0.1) is 0 Å². The standard InChI is InChI=1S/C15H24N6/c1-4-12-19-14(18-11-5-7-16-8-6-11)13-15(20-12)21(9-17-13)10(2)3/h9-11,16H,4-8H2,1-3H3,(H,18,19,20). The SMILES string of the molecule is CCc1nc(NC2CCNCC2)c2ncn(C(C)C)c2n1. The third-order valence-corrected chi connectivity index (χ3v) is 4.02. The average Bonchev–Trinajstić information content (AvgIpc) is 2.92. The quantitative estimate of drug-likeness (QED) is 0.902. The summed E-state index contributed by atoms with van der Waals surface area (Å²) in [5.74, 6) is 1.77. The summed E-state index contributed by atoms with van der Waals surface area (Å²) in [6.45, 7) is 8.51. The van der Waals surface area contributed by atoms with Gasteiger partial charge in [-0.05, 0) is 39.8 Å². The number of aryl methyl sites for hydroxylation is 1. The summed E-state index contributed by atoms with van der Waals surface area (Å²) < 4.78 is 2.11. The molecule has 2 aromatic rings. The zero-order chi connectivity index (χ0) is 14.8. The molecule has 3 rings (SSSR count). The number of hydrogen-bond donors (Lipinski definition) is 2. The smallest absolute Gasteiger partial charge is 0.166 e. The number of imidazole rings is 1. The van der Waals surface area contributed by atoms with Crippen molar-refractivity contribution in [1.29, 1.82) is 0 Å². The molecule has 1 aliphatic heterocycles. The molecule has 114 valence electrons. The van der Waals surface area contributed by atoms with Crippen LogP contribution in [0.4, 0.5) is 5.82 Å². The van der Waals surface area contributed by atoms with Crippen LogP contribution >= 0.6 is 0 Å². The van der Waals surface area contributed by atoms with Gasteiger partial charge in [-0.2, -0.15) is 0 Å². The molecule has 2 aromatic heterocycles. The second-order valence-corrected chi connectivity index (χ2v) is 5.93. The van der Waals surface area contributed by atoms with Gasteiger partial charge in [0.15, 0.2) is 11.5 Å². The number of hydrogen-bond acceptors (Lipinski definition) is 5. The molecule has 0 spiro atoms. The molecular formula is C15H24N6. The molecule has 0 radical (unpaired) electrons. The Hall–Kier alpha value is -1.69. The first-order chi connectivity index (χ1) is 10.2. The Labute approximate surface area is 125 Å². The maximum Gasteiger partial charge on any atom is 0.166 e. The number of rotatable bonds is 4. The Morgan fingerprint density at radius 1 is 1.33 bits per heavy atom. The van der Waals surface area contributed by atoms with Crippen molar-refractivity contribution in [3.8, 4) is 0 Å². The van der Waals surface area contributed by atoms with Crippen LogP contribution in [0.1, 0.15) is 45.5 Å². The third-order valence-electron chi connectivity index (χ3n) is 4.02. The van der Waals surface area contributed by atoms with Crippen molar-refractivity contribution in [1.82, 2.24) is 24.8 Å². The van der Waals surface area contributed by atoms with E-state index >= 15 is 0 Å². The van der Waals surface area contributed by atoms with Gasteiger partial charge in [-0.3, -0.25) is 0 Å². The minimum absolute atomic E-state index is 0.348. The van der Waals surface area contributed by atoms with E-state index in [1.807, 2.05) is 6.33 Å². The molecule has 0 bridgehead atoms. The zero-order valence-corrected chi connectivity index (χ0v) is 13.1. The van der Waals surface area contributed by atoms with Gasteiger partial charge in [0.25, 0.3) is 0 Å². The third kappa shape index (κ3) is 2.85. The molecular weight excluding hydrogens is 264 g/mol. The molecule has 6 heteroatoms. The monoisotopic (exact) mass is 288 g/mol. The maximum absolute atomic E-state index is 4.67. The fourth-order valence-corrected chi connectivity index (χ4v) is 2.76. The van der Waals surface area contributed by atoms with Gasteiger partial charge in [0, 0.05) is 18.5 Å². The van der Waals surface area contributed by atoms with Crippen molar-refractivity contribution in [3.63, 3.8) is 0 Å². The fourth-order valence-electron chi connectivity index (χ4n) is 2.76. The molecule has 0 amide bonds. The summed E-state index contributed by atoms with van der Waals surface area (Å²) in [6, 6.07) is 0.819. The molecule has 1 fully saturated rings. The first-order valence-corrected chi connectivity index (χ1v) is 7.89. The lowest BCUT2D eigenvalue weighted by molar-refractivity contribution is 0.478. The fraction of sp³-hybridized carbons (Fsp3) is 0.667. The lowest BCUT2D eigenvalue weighted by atomic mass is 10.1. The molecule has 0 aromatic carbocycles. The predicted octanol–water partition coefficient (Wildman–Crippen LogP) is 2.13. The van der Waals surface area contributed by atoms with Crippen LogP contribution in [-0.4, -0.2) is 38.7 Å². The Balaban J connectivity index is 1.99. The lowest BCUT2D eigenvalue weighted by Gasteiger charge is -2.24. The maximum atomic E-state index is 4.67. The van der Waals surface area contributed by atoms with Crippen LogP contribution in [0.25, 0.3) is 11.2 Å². The molecule has 6 nitrogen and oxygen atoms in total. The summed E-state index contributed by atoms with van der Waals surface area (Å²) in [5, 5.41) is 6.97.